The van der Waals surface area contributed by atoms with Gasteiger partial charge in [-0.2, -0.15) is 0 Å². The Morgan fingerprint density at radius 2 is 1.57 bits per heavy atom. The Bertz CT molecular complexity index is 962. The van der Waals surface area contributed by atoms with Gasteiger partial charge in [0.25, 0.3) is 15.9 Å². The van der Waals surface area contributed by atoms with Gasteiger partial charge in [0.05, 0.1) is 18.6 Å². The normalized spacial score (nSPS) is 11.1. The molecule has 9 heteroatoms. The summed E-state index contributed by atoms with van der Waals surface area (Å²) in [6.07, 6.45) is 0. The van der Waals surface area contributed by atoms with Crippen molar-refractivity contribution in [3.05, 3.63) is 58.7 Å². The summed E-state index contributed by atoms with van der Waals surface area (Å²) in [6, 6.07) is 9.19. The molecule has 0 atom stereocenters. The quantitative estimate of drug-likeness (QED) is 0.608. The van der Waals surface area contributed by atoms with Crippen molar-refractivity contribution in [1.29, 1.82) is 0 Å². The van der Waals surface area contributed by atoms with Gasteiger partial charge in [-0.1, -0.05) is 22.6 Å². The molecule has 0 aliphatic rings. The zero-order chi connectivity index (χ0) is 20.9. The first-order chi connectivity index (χ1) is 13.1. The standard InChI is InChI=1S/C19H23N3O5S/c1-12-9-13(2)18(14(3)10-12)21-17(23)11-20-19(24)15-5-7-16(8-6-15)28(25,26)22-27-4/h5-10,22H,11H2,1-4H3,(H,20,24)(H,21,23). The monoisotopic (exact) mass is 405 g/mol. The minimum Gasteiger partial charge on any atom is -0.343 e. The van der Waals surface area contributed by atoms with Crippen LogP contribution < -0.4 is 15.5 Å². The molecule has 0 fully saturated rings. The van der Waals surface area contributed by atoms with E-state index in [-0.39, 0.29) is 22.9 Å². The third-order valence-electron chi connectivity index (χ3n) is 3.97. The Morgan fingerprint density at radius 1 is 1.00 bits per heavy atom. The van der Waals surface area contributed by atoms with Gasteiger partial charge in [0.1, 0.15) is 0 Å². The lowest BCUT2D eigenvalue weighted by Gasteiger charge is -2.13. The lowest BCUT2D eigenvalue weighted by Crippen LogP contribution is -2.33. The number of amides is 2. The van der Waals surface area contributed by atoms with Crippen molar-refractivity contribution in [3.8, 4) is 0 Å². The molecule has 2 aromatic rings. The number of carbonyl (C=O) groups excluding carboxylic acids is 2. The summed E-state index contributed by atoms with van der Waals surface area (Å²) >= 11 is 0. The first-order valence-electron chi connectivity index (χ1n) is 8.45. The molecular formula is C19H23N3O5S. The molecule has 3 N–H and O–H groups in total. The van der Waals surface area contributed by atoms with Gasteiger partial charge in [-0.05, 0) is 56.2 Å². The van der Waals surface area contributed by atoms with Crippen molar-refractivity contribution in [3.63, 3.8) is 0 Å². The van der Waals surface area contributed by atoms with Crippen LogP contribution in [0.15, 0.2) is 41.3 Å². The van der Waals surface area contributed by atoms with E-state index in [1.165, 1.54) is 31.4 Å². The number of hydrogen-bond donors (Lipinski definition) is 3. The summed E-state index contributed by atoms with van der Waals surface area (Å²) in [5, 5.41) is 5.31. The van der Waals surface area contributed by atoms with Gasteiger partial charge in [0, 0.05) is 11.3 Å². The van der Waals surface area contributed by atoms with Gasteiger partial charge in [0.15, 0.2) is 0 Å². The topological polar surface area (TPSA) is 114 Å². The van der Waals surface area contributed by atoms with E-state index in [1.807, 2.05) is 37.8 Å². The number of aryl methyl sites for hydroxylation is 3. The van der Waals surface area contributed by atoms with Crippen LogP contribution in [0.1, 0.15) is 27.0 Å². The number of rotatable bonds is 7. The number of anilines is 1. The lowest BCUT2D eigenvalue weighted by atomic mass is 10.1. The van der Waals surface area contributed by atoms with E-state index < -0.39 is 15.9 Å². The Hall–Kier alpha value is -2.75. The van der Waals surface area contributed by atoms with Gasteiger partial charge in [-0.15, -0.1) is 0 Å². The van der Waals surface area contributed by atoms with Gasteiger partial charge >= 0.3 is 0 Å². The molecule has 2 aromatic carbocycles. The molecule has 8 nitrogen and oxygen atoms in total. The zero-order valence-corrected chi connectivity index (χ0v) is 16.9. The van der Waals surface area contributed by atoms with E-state index in [1.54, 1.807) is 0 Å². The van der Waals surface area contributed by atoms with Crippen LogP contribution in [0.3, 0.4) is 0 Å². The van der Waals surface area contributed by atoms with Crippen molar-refractivity contribution >= 4 is 27.5 Å². The number of carbonyl (C=O) groups is 2. The highest BCUT2D eigenvalue weighted by Gasteiger charge is 2.15. The van der Waals surface area contributed by atoms with Crippen LogP contribution in [0.2, 0.25) is 0 Å². The fraction of sp³-hybridized carbons (Fsp3) is 0.263. The van der Waals surface area contributed by atoms with Crippen LogP contribution in [0.25, 0.3) is 0 Å². The van der Waals surface area contributed by atoms with Crippen molar-refractivity contribution in [2.75, 3.05) is 19.0 Å². The Kier molecular flexibility index (Phi) is 6.90. The van der Waals surface area contributed by atoms with Crippen LogP contribution in [0.4, 0.5) is 5.69 Å². The van der Waals surface area contributed by atoms with Gasteiger partial charge in [0.2, 0.25) is 5.91 Å². The van der Waals surface area contributed by atoms with Gasteiger partial charge in [-0.3, -0.25) is 14.4 Å². The molecule has 0 bridgehead atoms. The third-order valence-corrected chi connectivity index (χ3v) is 5.25. The molecule has 0 aliphatic carbocycles. The molecule has 28 heavy (non-hydrogen) atoms. The van der Waals surface area contributed by atoms with Gasteiger partial charge < -0.3 is 10.6 Å². The molecule has 0 saturated carbocycles. The predicted molar refractivity (Wildman–Crippen MR) is 105 cm³/mol. The van der Waals surface area contributed by atoms with Crippen molar-refractivity contribution in [2.45, 2.75) is 25.7 Å². The van der Waals surface area contributed by atoms with Crippen molar-refractivity contribution in [1.82, 2.24) is 10.2 Å². The summed E-state index contributed by atoms with van der Waals surface area (Å²) in [5.41, 5.74) is 3.95. The van der Waals surface area contributed by atoms with E-state index in [0.717, 1.165) is 22.4 Å². The van der Waals surface area contributed by atoms with Crippen LogP contribution >= 0.6 is 0 Å². The Labute approximate surface area is 164 Å². The van der Waals surface area contributed by atoms with E-state index in [2.05, 4.69) is 15.5 Å². The third kappa shape index (κ3) is 5.38. The summed E-state index contributed by atoms with van der Waals surface area (Å²) in [6.45, 7) is 5.58. The molecule has 150 valence electrons. The second-order valence-electron chi connectivity index (χ2n) is 6.32. The molecule has 0 heterocycles. The SMILES string of the molecule is CONS(=O)(=O)c1ccc(C(=O)NCC(=O)Nc2c(C)cc(C)cc2C)cc1. The lowest BCUT2D eigenvalue weighted by molar-refractivity contribution is -0.115. The van der Waals surface area contributed by atoms with E-state index in [9.17, 15) is 18.0 Å². The van der Waals surface area contributed by atoms with Crippen molar-refractivity contribution < 1.29 is 22.8 Å². The Balaban J connectivity index is 1.98. The van der Waals surface area contributed by atoms with Crippen LogP contribution in [-0.4, -0.2) is 33.9 Å². The number of hydrogen-bond acceptors (Lipinski definition) is 5. The largest absolute Gasteiger partial charge is 0.343 e. The maximum atomic E-state index is 12.2. The molecular weight excluding hydrogens is 382 g/mol. The highest BCUT2D eigenvalue weighted by molar-refractivity contribution is 7.89. The molecule has 0 saturated heterocycles. The molecule has 2 amide bonds. The second-order valence-corrected chi connectivity index (χ2v) is 7.96. The second kappa shape index (κ2) is 8.96. The highest BCUT2D eigenvalue weighted by atomic mass is 32.2. The average Bonchev–Trinajstić information content (AvgIpc) is 2.62. The summed E-state index contributed by atoms with van der Waals surface area (Å²) in [4.78, 5) is 30.6. The van der Waals surface area contributed by atoms with Crippen LogP contribution in [0.5, 0.6) is 0 Å². The first kappa shape index (κ1) is 21.5. The van der Waals surface area contributed by atoms with E-state index in [0.29, 0.717) is 0 Å². The zero-order valence-electron chi connectivity index (χ0n) is 16.1. The summed E-state index contributed by atoms with van der Waals surface area (Å²) < 4.78 is 23.6. The summed E-state index contributed by atoms with van der Waals surface area (Å²) in [5.74, 6) is -0.844. The molecule has 0 aromatic heterocycles. The average molecular weight is 405 g/mol. The molecule has 0 aliphatic heterocycles. The van der Waals surface area contributed by atoms with E-state index >= 15 is 0 Å². The Morgan fingerprint density at radius 3 is 2.11 bits per heavy atom. The van der Waals surface area contributed by atoms with Crippen LogP contribution in [0, 0.1) is 20.8 Å². The fourth-order valence-electron chi connectivity index (χ4n) is 2.77. The molecule has 2 rings (SSSR count). The predicted octanol–water partition coefficient (Wildman–Crippen LogP) is 1.82. The minimum absolute atomic E-state index is 0.0473. The van der Waals surface area contributed by atoms with Crippen molar-refractivity contribution in [2.24, 2.45) is 0 Å². The molecule has 0 unspecified atom stereocenters. The number of sulfonamides is 1. The molecule has 0 radical (unpaired) electrons. The first-order valence-corrected chi connectivity index (χ1v) is 9.93. The maximum absolute atomic E-state index is 12.2. The summed E-state index contributed by atoms with van der Waals surface area (Å²) in [7, 11) is -2.61. The fourth-order valence-corrected chi connectivity index (χ4v) is 3.58. The maximum Gasteiger partial charge on any atom is 0.262 e. The van der Waals surface area contributed by atoms with Crippen LogP contribution in [-0.2, 0) is 19.7 Å². The molecule has 0 spiro atoms. The number of nitrogens with one attached hydrogen (secondary N) is 3. The number of benzene rings is 2. The van der Waals surface area contributed by atoms with Gasteiger partial charge in [-0.25, -0.2) is 8.42 Å². The minimum atomic E-state index is -3.79. The van der Waals surface area contributed by atoms with E-state index in [4.69, 9.17) is 0 Å². The highest BCUT2D eigenvalue weighted by Crippen LogP contribution is 2.21. The smallest absolute Gasteiger partial charge is 0.262 e.